The van der Waals surface area contributed by atoms with Gasteiger partial charge in [0.25, 0.3) is 0 Å². The number of rotatable bonds is 6. The Morgan fingerprint density at radius 1 is 0.879 bits per heavy atom. The maximum atomic E-state index is 12.8. The van der Waals surface area contributed by atoms with Crippen molar-refractivity contribution in [3.8, 4) is 22.3 Å². The maximum Gasteiger partial charge on any atom is 0.234 e. The van der Waals surface area contributed by atoms with E-state index in [1.54, 1.807) is 17.7 Å². The molecule has 0 saturated carbocycles. The van der Waals surface area contributed by atoms with E-state index >= 15 is 0 Å². The zero-order valence-electron chi connectivity index (χ0n) is 17.4. The van der Waals surface area contributed by atoms with Gasteiger partial charge in [0, 0.05) is 27.2 Å². The second-order valence-electron chi connectivity index (χ2n) is 7.26. The molecule has 5 rings (SSSR count). The van der Waals surface area contributed by atoms with Crippen LogP contribution >= 0.6 is 34.7 Å². The van der Waals surface area contributed by atoms with Crippen LogP contribution in [0.25, 0.3) is 32.5 Å². The Hall–Kier alpha value is -3.19. The van der Waals surface area contributed by atoms with Gasteiger partial charge in [-0.15, -0.1) is 11.3 Å². The van der Waals surface area contributed by atoms with Crippen LogP contribution in [0.15, 0.2) is 95.6 Å². The third-order valence-corrected chi connectivity index (χ3v) is 7.24. The molecule has 0 unspecified atom stereocenters. The maximum absolute atomic E-state index is 12.8. The van der Waals surface area contributed by atoms with Crippen molar-refractivity contribution in [2.24, 2.45) is 0 Å². The Balaban J connectivity index is 1.37. The van der Waals surface area contributed by atoms with Crippen LogP contribution in [0.3, 0.4) is 0 Å². The number of fused-ring (bicyclic) bond motifs is 1. The number of amides is 1. The summed E-state index contributed by atoms with van der Waals surface area (Å²) in [4.78, 5) is 22.6. The van der Waals surface area contributed by atoms with E-state index in [2.05, 4.69) is 20.7 Å². The lowest BCUT2D eigenvalue weighted by molar-refractivity contribution is -0.113. The van der Waals surface area contributed by atoms with Gasteiger partial charge in [-0.05, 0) is 29.3 Å². The number of halogens is 1. The standard InChI is InChI=1S/C26H18ClN3OS2/c27-19-12-10-18(11-13-19)21-14-32-25-24(21)26(29-16-28-25)33-15-23(31)30-22-9-5-4-8-20(22)17-6-2-1-3-7-17/h1-14,16H,15H2,(H,30,31). The first kappa shape index (κ1) is 21.6. The molecule has 4 nitrogen and oxygen atoms in total. The highest BCUT2D eigenvalue weighted by molar-refractivity contribution is 8.00. The molecule has 2 aromatic heterocycles. The topological polar surface area (TPSA) is 54.9 Å². The zero-order valence-corrected chi connectivity index (χ0v) is 19.8. The van der Waals surface area contributed by atoms with Crippen LogP contribution in [0.1, 0.15) is 0 Å². The molecule has 0 atom stereocenters. The highest BCUT2D eigenvalue weighted by atomic mass is 35.5. The molecule has 0 bridgehead atoms. The van der Waals surface area contributed by atoms with Crippen molar-refractivity contribution in [3.63, 3.8) is 0 Å². The van der Waals surface area contributed by atoms with Crippen LogP contribution in [0.4, 0.5) is 5.69 Å². The first-order chi connectivity index (χ1) is 16.2. The number of nitrogens with zero attached hydrogens (tertiary/aromatic N) is 2. The highest BCUT2D eigenvalue weighted by Crippen LogP contribution is 2.38. The summed E-state index contributed by atoms with van der Waals surface area (Å²) in [6.45, 7) is 0. The fourth-order valence-electron chi connectivity index (χ4n) is 3.58. The van der Waals surface area contributed by atoms with Crippen LogP contribution in [-0.2, 0) is 4.79 Å². The molecular formula is C26H18ClN3OS2. The van der Waals surface area contributed by atoms with E-state index in [0.717, 1.165) is 43.2 Å². The van der Waals surface area contributed by atoms with E-state index in [1.807, 2.05) is 78.9 Å². The minimum absolute atomic E-state index is 0.0848. The molecule has 1 amide bonds. The van der Waals surface area contributed by atoms with Crippen molar-refractivity contribution in [3.05, 3.63) is 95.6 Å². The Bertz CT molecular complexity index is 1420. The third kappa shape index (κ3) is 4.78. The minimum Gasteiger partial charge on any atom is -0.325 e. The van der Waals surface area contributed by atoms with Crippen LogP contribution < -0.4 is 5.32 Å². The number of anilines is 1. The lowest BCUT2D eigenvalue weighted by atomic mass is 10.0. The van der Waals surface area contributed by atoms with E-state index < -0.39 is 0 Å². The summed E-state index contributed by atoms with van der Waals surface area (Å²) < 4.78 is 0. The summed E-state index contributed by atoms with van der Waals surface area (Å²) in [6.07, 6.45) is 1.55. The van der Waals surface area contributed by atoms with E-state index in [4.69, 9.17) is 11.6 Å². The lowest BCUT2D eigenvalue weighted by Gasteiger charge is -2.11. The van der Waals surface area contributed by atoms with Crippen molar-refractivity contribution < 1.29 is 4.79 Å². The van der Waals surface area contributed by atoms with Crippen molar-refractivity contribution in [2.45, 2.75) is 5.03 Å². The smallest absolute Gasteiger partial charge is 0.234 e. The average Bonchev–Trinajstić information content (AvgIpc) is 3.29. The number of nitrogens with one attached hydrogen (secondary N) is 1. The molecule has 2 heterocycles. The predicted molar refractivity (Wildman–Crippen MR) is 139 cm³/mol. The number of carbonyl (C=O) groups is 1. The Kier molecular flexibility index (Phi) is 6.39. The summed E-state index contributed by atoms with van der Waals surface area (Å²) in [5, 5.41) is 7.58. The number of carbonyl (C=O) groups excluding carboxylic acids is 1. The molecule has 1 N–H and O–H groups in total. The Labute approximate surface area is 204 Å². The lowest BCUT2D eigenvalue weighted by Crippen LogP contribution is -2.14. The molecule has 162 valence electrons. The molecule has 5 aromatic rings. The largest absolute Gasteiger partial charge is 0.325 e. The van der Waals surface area contributed by atoms with Crippen molar-refractivity contribution in [2.75, 3.05) is 11.1 Å². The van der Waals surface area contributed by atoms with Gasteiger partial charge in [-0.1, -0.05) is 84.0 Å². The monoisotopic (exact) mass is 487 g/mol. The second kappa shape index (κ2) is 9.75. The molecule has 0 saturated heterocycles. The van der Waals surface area contributed by atoms with E-state index in [9.17, 15) is 4.79 Å². The quantitative estimate of drug-likeness (QED) is 0.200. The molecule has 33 heavy (non-hydrogen) atoms. The molecule has 0 radical (unpaired) electrons. The van der Waals surface area contributed by atoms with Gasteiger partial charge < -0.3 is 5.32 Å². The third-order valence-electron chi connectivity index (χ3n) is 5.12. The molecular weight excluding hydrogens is 470 g/mol. The highest BCUT2D eigenvalue weighted by Gasteiger charge is 2.15. The van der Waals surface area contributed by atoms with Gasteiger partial charge >= 0.3 is 0 Å². The van der Waals surface area contributed by atoms with Crippen molar-refractivity contribution >= 4 is 56.5 Å². The normalized spacial score (nSPS) is 10.9. The number of para-hydroxylation sites is 1. The summed E-state index contributed by atoms with van der Waals surface area (Å²) in [6, 6.07) is 25.6. The first-order valence-electron chi connectivity index (χ1n) is 10.2. The molecule has 0 fully saturated rings. The number of thiophene rings is 1. The van der Waals surface area contributed by atoms with E-state index in [0.29, 0.717) is 5.02 Å². The average molecular weight is 488 g/mol. The number of benzene rings is 3. The molecule has 0 aliphatic carbocycles. The molecule has 0 aliphatic rings. The number of aromatic nitrogens is 2. The van der Waals surface area contributed by atoms with Crippen LogP contribution in [0, 0.1) is 0 Å². The van der Waals surface area contributed by atoms with Crippen LogP contribution in [-0.4, -0.2) is 21.6 Å². The summed E-state index contributed by atoms with van der Waals surface area (Å²) >= 11 is 9.03. The minimum atomic E-state index is -0.0848. The Morgan fingerprint density at radius 3 is 2.42 bits per heavy atom. The first-order valence-corrected chi connectivity index (χ1v) is 12.5. The summed E-state index contributed by atoms with van der Waals surface area (Å²) in [7, 11) is 0. The number of hydrogen-bond acceptors (Lipinski definition) is 5. The number of hydrogen-bond donors (Lipinski definition) is 1. The van der Waals surface area contributed by atoms with Gasteiger partial charge in [-0.3, -0.25) is 4.79 Å². The van der Waals surface area contributed by atoms with Gasteiger partial charge in [0.1, 0.15) is 16.2 Å². The molecule has 0 spiro atoms. The fraction of sp³-hybridized carbons (Fsp3) is 0.0385. The Morgan fingerprint density at radius 2 is 1.61 bits per heavy atom. The van der Waals surface area contributed by atoms with Crippen LogP contribution in [0.5, 0.6) is 0 Å². The van der Waals surface area contributed by atoms with Gasteiger partial charge in [0.15, 0.2) is 0 Å². The van der Waals surface area contributed by atoms with Gasteiger partial charge in [-0.2, -0.15) is 0 Å². The molecule has 7 heteroatoms. The van der Waals surface area contributed by atoms with Gasteiger partial charge in [0.05, 0.1) is 11.1 Å². The van der Waals surface area contributed by atoms with Gasteiger partial charge in [0.2, 0.25) is 5.91 Å². The summed E-state index contributed by atoms with van der Waals surface area (Å²) in [5.41, 5.74) is 4.93. The van der Waals surface area contributed by atoms with Gasteiger partial charge in [-0.25, -0.2) is 9.97 Å². The second-order valence-corrected chi connectivity index (χ2v) is 9.52. The van der Waals surface area contributed by atoms with Crippen LogP contribution in [0.2, 0.25) is 5.02 Å². The predicted octanol–water partition coefficient (Wildman–Crippen LogP) is 7.41. The SMILES string of the molecule is O=C(CSc1ncnc2scc(-c3ccc(Cl)cc3)c12)Nc1ccccc1-c1ccccc1. The molecule has 3 aromatic carbocycles. The molecule has 0 aliphatic heterocycles. The van der Waals surface area contributed by atoms with Crippen molar-refractivity contribution in [1.29, 1.82) is 0 Å². The van der Waals surface area contributed by atoms with Crippen molar-refractivity contribution in [1.82, 2.24) is 9.97 Å². The fourth-order valence-corrected chi connectivity index (χ4v) is 5.50. The van der Waals surface area contributed by atoms with E-state index in [1.165, 1.54) is 11.8 Å². The summed E-state index contributed by atoms with van der Waals surface area (Å²) in [5.74, 6) is 0.156. The number of thioether (sulfide) groups is 1. The zero-order chi connectivity index (χ0) is 22.6. The van der Waals surface area contributed by atoms with E-state index in [-0.39, 0.29) is 11.7 Å².